The number of benzene rings is 1. The first-order valence-corrected chi connectivity index (χ1v) is 15.3. The Bertz CT molecular complexity index is 1770. The normalized spacial score (nSPS) is 19.0. The third-order valence-corrected chi connectivity index (χ3v) is 8.77. The second kappa shape index (κ2) is 12.6. The summed E-state index contributed by atoms with van der Waals surface area (Å²) in [7, 11) is 5.34. The lowest BCUT2D eigenvalue weighted by Gasteiger charge is -2.37. The predicted octanol–water partition coefficient (Wildman–Crippen LogP) is 4.76. The van der Waals surface area contributed by atoms with Crippen LogP contribution in [0.2, 0.25) is 0 Å². The van der Waals surface area contributed by atoms with Gasteiger partial charge in [-0.1, -0.05) is 29.4 Å². The lowest BCUT2D eigenvalue weighted by Crippen LogP contribution is -2.39. The number of aryl methyl sites for hydroxylation is 1. The van der Waals surface area contributed by atoms with E-state index in [-0.39, 0.29) is 34.8 Å². The number of amides is 2. The van der Waals surface area contributed by atoms with Gasteiger partial charge in [0.2, 0.25) is 0 Å². The van der Waals surface area contributed by atoms with Gasteiger partial charge in [0.05, 0.1) is 16.9 Å². The minimum absolute atomic E-state index is 0.0282. The molecule has 1 saturated carbocycles. The Morgan fingerprint density at radius 1 is 1.02 bits per heavy atom. The van der Waals surface area contributed by atoms with Crippen LogP contribution in [-0.2, 0) is 18.4 Å². The lowest BCUT2D eigenvalue weighted by atomic mass is 9.80. The van der Waals surface area contributed by atoms with Crippen molar-refractivity contribution in [3.63, 3.8) is 0 Å². The number of hydrogen-bond acceptors (Lipinski definition) is 8. The zero-order chi connectivity index (χ0) is 32.5. The largest absolute Gasteiger partial charge is 0.390 e. The maximum absolute atomic E-state index is 13.1. The Labute approximate surface area is 263 Å². The van der Waals surface area contributed by atoms with Gasteiger partial charge in [-0.2, -0.15) is 10.5 Å². The molecule has 11 nitrogen and oxygen atoms in total. The van der Waals surface area contributed by atoms with E-state index in [0.717, 1.165) is 55.6 Å². The molecule has 2 aliphatic rings. The van der Waals surface area contributed by atoms with Crippen molar-refractivity contribution in [1.29, 1.82) is 10.5 Å². The first-order chi connectivity index (χ1) is 21.4. The Hall–Kier alpha value is -4.90. The number of oxime groups is 1. The van der Waals surface area contributed by atoms with Gasteiger partial charge in [-0.3, -0.25) is 4.79 Å². The van der Waals surface area contributed by atoms with Crippen molar-refractivity contribution in [2.75, 3.05) is 32.1 Å². The number of carbonyl (C=O) groups excluding carboxylic acids is 1. The summed E-state index contributed by atoms with van der Waals surface area (Å²) in [6, 6.07) is 15.8. The van der Waals surface area contributed by atoms with Crippen molar-refractivity contribution in [2.24, 2.45) is 18.1 Å². The van der Waals surface area contributed by atoms with Gasteiger partial charge < -0.3 is 24.1 Å². The SMILES string of the molecule is CN1CCN(Cc2ccc(/C(=N\OC(C)(C)C)C3CCC(N(C)c4c(C#N)c(=O)n(C)c5ccc(C#N)nc45)CC3)cc2)C1=O. The number of pyridine rings is 2. The first-order valence-electron chi connectivity index (χ1n) is 15.3. The number of likely N-dealkylation sites (N-methyl/N-ethyl adjacent to an activating group) is 1. The quantitative estimate of drug-likeness (QED) is 0.279. The van der Waals surface area contributed by atoms with Crippen LogP contribution in [-0.4, -0.2) is 69.9 Å². The molecule has 234 valence electrons. The van der Waals surface area contributed by atoms with E-state index in [1.165, 1.54) is 4.57 Å². The molecule has 5 rings (SSSR count). The Morgan fingerprint density at radius 2 is 1.71 bits per heavy atom. The highest BCUT2D eigenvalue weighted by Crippen LogP contribution is 2.35. The molecule has 11 heteroatoms. The van der Waals surface area contributed by atoms with Gasteiger partial charge in [0, 0.05) is 52.7 Å². The molecule has 3 heterocycles. The van der Waals surface area contributed by atoms with Crippen molar-refractivity contribution in [3.05, 3.63) is 69.1 Å². The molecule has 0 radical (unpaired) electrons. The molecular weight excluding hydrogens is 568 g/mol. The van der Waals surface area contributed by atoms with Crippen molar-refractivity contribution >= 4 is 28.5 Å². The van der Waals surface area contributed by atoms with Crippen molar-refractivity contribution < 1.29 is 9.63 Å². The van der Waals surface area contributed by atoms with Crippen molar-refractivity contribution in [2.45, 2.75) is 64.6 Å². The number of fused-ring (bicyclic) bond motifs is 1. The molecule has 1 aliphatic heterocycles. The molecule has 0 unspecified atom stereocenters. The van der Waals surface area contributed by atoms with Gasteiger partial charge in [0.25, 0.3) is 5.56 Å². The molecule has 2 fully saturated rings. The summed E-state index contributed by atoms with van der Waals surface area (Å²) >= 11 is 0. The summed E-state index contributed by atoms with van der Waals surface area (Å²) in [6.45, 7) is 7.95. The smallest absolute Gasteiger partial charge is 0.320 e. The number of carbonyl (C=O) groups is 1. The highest BCUT2D eigenvalue weighted by molar-refractivity contribution is 6.02. The fraction of sp³-hybridized carbons (Fsp3) is 0.471. The van der Waals surface area contributed by atoms with E-state index < -0.39 is 5.60 Å². The van der Waals surface area contributed by atoms with Crippen LogP contribution >= 0.6 is 0 Å². The van der Waals surface area contributed by atoms with Gasteiger partial charge in [-0.25, -0.2) is 9.78 Å². The fourth-order valence-corrected chi connectivity index (χ4v) is 6.22. The number of anilines is 1. The Kier molecular flexibility index (Phi) is 8.83. The van der Waals surface area contributed by atoms with E-state index >= 15 is 0 Å². The molecule has 1 aliphatic carbocycles. The maximum atomic E-state index is 13.1. The minimum atomic E-state index is -0.450. The minimum Gasteiger partial charge on any atom is -0.390 e. The molecule has 0 N–H and O–H groups in total. The highest BCUT2D eigenvalue weighted by Gasteiger charge is 2.32. The number of hydrogen-bond donors (Lipinski definition) is 0. The molecule has 2 amide bonds. The summed E-state index contributed by atoms with van der Waals surface area (Å²) in [5.41, 5.74) is 3.89. The van der Waals surface area contributed by atoms with E-state index in [9.17, 15) is 20.1 Å². The number of nitrogens with zero attached hydrogens (tertiary/aromatic N) is 8. The van der Waals surface area contributed by atoms with Gasteiger partial charge >= 0.3 is 6.03 Å². The van der Waals surface area contributed by atoms with Gasteiger partial charge in [0.1, 0.15) is 34.5 Å². The monoisotopic (exact) mass is 608 g/mol. The molecule has 0 spiro atoms. The van der Waals surface area contributed by atoms with Gasteiger partial charge in [-0.15, -0.1) is 0 Å². The standard InChI is InChI=1S/C34H40N8O3/c1-34(2,3)45-38-29(23-9-7-22(8-10-23)21-42-18-17-39(4)33(42)44)24-11-14-26(15-12-24)40(5)31-27(20-36)32(43)41(6)28-16-13-25(19-35)37-30(28)31/h7-10,13,16,24,26H,11-12,14-15,17-18,21H2,1-6H3/b38-29+. The highest BCUT2D eigenvalue weighted by atomic mass is 16.6. The van der Waals surface area contributed by atoms with Crippen LogP contribution in [0, 0.1) is 28.6 Å². The topological polar surface area (TPSA) is 131 Å². The lowest BCUT2D eigenvalue weighted by molar-refractivity contribution is -0.0000304. The predicted molar refractivity (Wildman–Crippen MR) is 173 cm³/mol. The first kappa shape index (κ1) is 31.5. The van der Waals surface area contributed by atoms with E-state index in [0.29, 0.717) is 23.3 Å². The van der Waals surface area contributed by atoms with Crippen LogP contribution in [0.25, 0.3) is 11.0 Å². The van der Waals surface area contributed by atoms with E-state index in [4.69, 9.17) is 4.84 Å². The van der Waals surface area contributed by atoms with Crippen molar-refractivity contribution in [3.8, 4) is 12.1 Å². The van der Waals surface area contributed by atoms with Crippen LogP contribution < -0.4 is 10.5 Å². The van der Waals surface area contributed by atoms with Crippen LogP contribution in [0.3, 0.4) is 0 Å². The molecule has 2 aromatic heterocycles. The van der Waals surface area contributed by atoms with E-state index in [1.807, 2.05) is 44.7 Å². The molecule has 1 saturated heterocycles. The molecular formula is C34H40N8O3. The second-order valence-electron chi connectivity index (χ2n) is 13.0. The number of urea groups is 1. The summed E-state index contributed by atoms with van der Waals surface area (Å²) < 4.78 is 1.42. The van der Waals surface area contributed by atoms with Gasteiger partial charge in [-0.05, 0) is 69.7 Å². The fourth-order valence-electron chi connectivity index (χ4n) is 6.22. The molecule has 0 atom stereocenters. The third kappa shape index (κ3) is 6.48. The summed E-state index contributed by atoms with van der Waals surface area (Å²) in [5, 5.41) is 24.2. The van der Waals surface area contributed by atoms with Crippen LogP contribution in [0.15, 0.2) is 46.3 Å². The van der Waals surface area contributed by atoms with Crippen LogP contribution in [0.5, 0.6) is 0 Å². The Balaban J connectivity index is 1.38. The zero-order valence-corrected chi connectivity index (χ0v) is 26.9. The van der Waals surface area contributed by atoms with Crippen molar-refractivity contribution in [1.82, 2.24) is 19.4 Å². The molecule has 3 aromatic rings. The summed E-state index contributed by atoms with van der Waals surface area (Å²) in [5.74, 6) is 0.149. The van der Waals surface area contributed by atoms with E-state index in [1.54, 1.807) is 24.1 Å². The van der Waals surface area contributed by atoms with Gasteiger partial charge in [0.15, 0.2) is 0 Å². The summed E-state index contributed by atoms with van der Waals surface area (Å²) in [6.07, 6.45) is 3.27. The number of rotatable bonds is 7. The van der Waals surface area contributed by atoms with Crippen LogP contribution in [0.1, 0.15) is 68.8 Å². The molecule has 1 aromatic carbocycles. The molecule has 0 bridgehead atoms. The third-order valence-electron chi connectivity index (χ3n) is 8.77. The molecule has 45 heavy (non-hydrogen) atoms. The second-order valence-corrected chi connectivity index (χ2v) is 13.0. The number of aromatic nitrogens is 2. The summed E-state index contributed by atoms with van der Waals surface area (Å²) in [4.78, 5) is 41.6. The maximum Gasteiger partial charge on any atom is 0.320 e. The number of nitriles is 2. The zero-order valence-electron chi connectivity index (χ0n) is 26.9. The average Bonchev–Trinajstić information content (AvgIpc) is 3.34. The van der Waals surface area contributed by atoms with E-state index in [2.05, 4.69) is 46.5 Å². The Morgan fingerprint density at radius 3 is 2.29 bits per heavy atom. The van der Waals surface area contributed by atoms with Crippen LogP contribution in [0.4, 0.5) is 10.5 Å². The average molecular weight is 609 g/mol.